The Morgan fingerprint density at radius 1 is 1.05 bits per heavy atom. The van der Waals surface area contributed by atoms with Crippen molar-refractivity contribution in [2.24, 2.45) is 0 Å². The van der Waals surface area contributed by atoms with Gasteiger partial charge >= 0.3 is 6.18 Å². The molecule has 0 saturated heterocycles. The molecule has 0 radical (unpaired) electrons. The molecule has 3 aromatic rings. The molecule has 0 unspecified atom stereocenters. The molecular weight excluding hydrogens is 295 g/mol. The molecule has 0 amide bonds. The molecule has 0 atom stereocenters. The van der Waals surface area contributed by atoms with Gasteiger partial charge in [-0.05, 0) is 12.1 Å². The summed E-state index contributed by atoms with van der Waals surface area (Å²) in [6, 6.07) is 8.38. The van der Waals surface area contributed by atoms with E-state index in [9.17, 15) is 18.0 Å². The summed E-state index contributed by atoms with van der Waals surface area (Å²) in [6.45, 7) is -0.926. The van der Waals surface area contributed by atoms with Crippen LogP contribution in [0.25, 0.3) is 10.9 Å². The lowest BCUT2D eigenvalue weighted by Gasteiger charge is -2.13. The van der Waals surface area contributed by atoms with Crippen LogP contribution in [0.2, 0.25) is 0 Å². The van der Waals surface area contributed by atoms with E-state index in [2.05, 4.69) is 4.98 Å². The molecule has 0 spiro atoms. The molecule has 2 aromatic heterocycles. The van der Waals surface area contributed by atoms with Crippen LogP contribution in [0.3, 0.4) is 0 Å². The second kappa shape index (κ2) is 5.32. The predicted molar refractivity (Wildman–Crippen MR) is 75.6 cm³/mol. The van der Waals surface area contributed by atoms with Crippen LogP contribution in [0.15, 0.2) is 53.7 Å². The minimum Gasteiger partial charge on any atom is -0.340 e. The van der Waals surface area contributed by atoms with Crippen molar-refractivity contribution in [3.63, 3.8) is 0 Å². The third-order valence-electron chi connectivity index (χ3n) is 3.35. The van der Waals surface area contributed by atoms with Crippen LogP contribution in [-0.4, -0.2) is 20.3 Å². The molecule has 0 aliphatic heterocycles. The first-order chi connectivity index (χ1) is 10.4. The van der Waals surface area contributed by atoms with Crippen LogP contribution in [0.5, 0.6) is 0 Å². The van der Waals surface area contributed by atoms with Crippen molar-refractivity contribution in [3.8, 4) is 0 Å². The van der Waals surface area contributed by atoms with E-state index in [0.717, 1.165) is 4.57 Å². The molecular formula is C15H12F3N3O. The molecule has 0 aliphatic rings. The fraction of sp³-hybridized carbons (Fsp3) is 0.200. The van der Waals surface area contributed by atoms with Gasteiger partial charge in [0.15, 0.2) is 5.43 Å². The standard InChI is InChI=1S/C15H12F3N3O/c16-15(17,18)10-21-8-6-19-14(21)9-20-7-5-13(22)11-3-1-2-4-12(11)20/h1-8H,9-10H2. The van der Waals surface area contributed by atoms with Crippen molar-refractivity contribution in [3.05, 3.63) is 65.0 Å². The zero-order valence-electron chi connectivity index (χ0n) is 11.4. The van der Waals surface area contributed by atoms with E-state index in [1.54, 1.807) is 35.0 Å². The number of halogens is 3. The molecule has 0 aliphatic carbocycles. The number of hydrogen-bond donors (Lipinski definition) is 0. The van der Waals surface area contributed by atoms with E-state index in [0.29, 0.717) is 10.9 Å². The summed E-state index contributed by atoms with van der Waals surface area (Å²) in [5.41, 5.74) is 0.544. The molecule has 114 valence electrons. The van der Waals surface area contributed by atoms with Crippen LogP contribution in [-0.2, 0) is 13.1 Å². The highest BCUT2D eigenvalue weighted by Gasteiger charge is 2.28. The van der Waals surface area contributed by atoms with E-state index >= 15 is 0 Å². The van der Waals surface area contributed by atoms with Gasteiger partial charge in [-0.1, -0.05) is 12.1 Å². The van der Waals surface area contributed by atoms with Crippen LogP contribution in [0.4, 0.5) is 13.2 Å². The quantitative estimate of drug-likeness (QED) is 0.746. The third kappa shape index (κ3) is 2.88. The summed E-state index contributed by atoms with van der Waals surface area (Å²) in [7, 11) is 0. The van der Waals surface area contributed by atoms with Crippen molar-refractivity contribution >= 4 is 10.9 Å². The smallest absolute Gasteiger partial charge is 0.340 e. The van der Waals surface area contributed by atoms with Crippen LogP contribution in [0, 0.1) is 0 Å². The van der Waals surface area contributed by atoms with Gasteiger partial charge in [0.2, 0.25) is 0 Å². The number of para-hydroxylation sites is 1. The molecule has 2 heterocycles. The lowest BCUT2D eigenvalue weighted by atomic mass is 10.2. The molecule has 0 saturated carbocycles. The first-order valence-electron chi connectivity index (χ1n) is 6.59. The average Bonchev–Trinajstić information content (AvgIpc) is 2.87. The number of rotatable bonds is 3. The maximum absolute atomic E-state index is 12.5. The molecule has 22 heavy (non-hydrogen) atoms. The maximum Gasteiger partial charge on any atom is 0.406 e. The van der Waals surface area contributed by atoms with Gasteiger partial charge in [-0.25, -0.2) is 4.98 Å². The van der Waals surface area contributed by atoms with Crippen molar-refractivity contribution in [1.82, 2.24) is 14.1 Å². The summed E-state index contributed by atoms with van der Waals surface area (Å²) in [5, 5.41) is 0.527. The Morgan fingerprint density at radius 2 is 1.82 bits per heavy atom. The first kappa shape index (κ1) is 14.4. The number of alkyl halides is 3. The topological polar surface area (TPSA) is 39.8 Å². The van der Waals surface area contributed by atoms with E-state index in [1.165, 1.54) is 18.5 Å². The van der Waals surface area contributed by atoms with Gasteiger partial charge in [0, 0.05) is 30.0 Å². The predicted octanol–water partition coefficient (Wildman–Crippen LogP) is 2.81. The van der Waals surface area contributed by atoms with Gasteiger partial charge in [0.1, 0.15) is 12.4 Å². The van der Waals surface area contributed by atoms with E-state index in [-0.39, 0.29) is 17.8 Å². The van der Waals surface area contributed by atoms with Gasteiger partial charge in [0.25, 0.3) is 0 Å². The molecule has 0 bridgehead atoms. The van der Waals surface area contributed by atoms with E-state index in [1.807, 2.05) is 0 Å². The van der Waals surface area contributed by atoms with Gasteiger partial charge in [-0.15, -0.1) is 0 Å². The van der Waals surface area contributed by atoms with Crippen LogP contribution in [0.1, 0.15) is 5.82 Å². The number of imidazole rings is 1. The minimum absolute atomic E-state index is 0.120. The summed E-state index contributed by atoms with van der Waals surface area (Å²) < 4.78 is 40.4. The van der Waals surface area contributed by atoms with Crippen molar-refractivity contribution in [1.29, 1.82) is 0 Å². The highest BCUT2D eigenvalue weighted by atomic mass is 19.4. The molecule has 0 fully saturated rings. The Morgan fingerprint density at radius 3 is 2.59 bits per heavy atom. The first-order valence-corrected chi connectivity index (χ1v) is 6.59. The fourth-order valence-corrected chi connectivity index (χ4v) is 2.38. The Hall–Kier alpha value is -2.57. The van der Waals surface area contributed by atoms with Crippen molar-refractivity contribution in [2.45, 2.75) is 19.3 Å². The number of hydrogen-bond acceptors (Lipinski definition) is 2. The van der Waals surface area contributed by atoms with E-state index < -0.39 is 12.7 Å². The second-order valence-electron chi connectivity index (χ2n) is 4.91. The zero-order chi connectivity index (χ0) is 15.7. The normalized spacial score (nSPS) is 12.0. The maximum atomic E-state index is 12.5. The highest BCUT2D eigenvalue weighted by molar-refractivity contribution is 5.78. The number of pyridine rings is 1. The lowest BCUT2D eigenvalue weighted by molar-refractivity contribution is -0.141. The molecule has 0 N–H and O–H groups in total. The largest absolute Gasteiger partial charge is 0.406 e. The molecule has 4 nitrogen and oxygen atoms in total. The van der Waals surface area contributed by atoms with E-state index in [4.69, 9.17) is 0 Å². The Bertz CT molecular complexity index is 864. The number of aromatic nitrogens is 3. The fourth-order valence-electron chi connectivity index (χ4n) is 2.38. The number of fused-ring (bicyclic) bond motifs is 1. The van der Waals surface area contributed by atoms with Gasteiger partial charge in [-0.3, -0.25) is 4.79 Å². The highest BCUT2D eigenvalue weighted by Crippen LogP contribution is 2.19. The monoisotopic (exact) mass is 307 g/mol. The van der Waals surface area contributed by atoms with Gasteiger partial charge in [0.05, 0.1) is 12.1 Å². The Labute approximate surface area is 123 Å². The zero-order valence-corrected chi connectivity index (χ0v) is 11.4. The third-order valence-corrected chi connectivity index (χ3v) is 3.35. The Balaban J connectivity index is 2.00. The Kier molecular flexibility index (Phi) is 3.48. The summed E-state index contributed by atoms with van der Waals surface area (Å²) in [4.78, 5) is 15.8. The molecule has 7 heteroatoms. The van der Waals surface area contributed by atoms with Gasteiger partial charge < -0.3 is 9.13 Å². The minimum atomic E-state index is -4.30. The summed E-state index contributed by atoms with van der Waals surface area (Å²) in [6.07, 6.45) is -0.0995. The average molecular weight is 307 g/mol. The van der Waals surface area contributed by atoms with Gasteiger partial charge in [-0.2, -0.15) is 13.2 Å². The van der Waals surface area contributed by atoms with Crippen molar-refractivity contribution < 1.29 is 13.2 Å². The number of nitrogens with zero attached hydrogens (tertiary/aromatic N) is 3. The second-order valence-corrected chi connectivity index (χ2v) is 4.91. The number of benzene rings is 1. The summed E-state index contributed by atoms with van der Waals surface area (Å²) >= 11 is 0. The molecule has 1 aromatic carbocycles. The van der Waals surface area contributed by atoms with Crippen molar-refractivity contribution in [2.75, 3.05) is 0 Å². The van der Waals surface area contributed by atoms with Crippen LogP contribution >= 0.6 is 0 Å². The molecule has 3 rings (SSSR count). The SMILES string of the molecule is O=c1ccn(Cc2nccn2CC(F)(F)F)c2ccccc12. The lowest BCUT2D eigenvalue weighted by Crippen LogP contribution is -2.20. The van der Waals surface area contributed by atoms with Crippen LogP contribution < -0.4 is 5.43 Å². The summed E-state index contributed by atoms with van der Waals surface area (Å²) in [5.74, 6) is 0.283.